The summed E-state index contributed by atoms with van der Waals surface area (Å²) in [5.74, 6) is -0.388. The molecule has 0 radical (unpaired) electrons. The number of unbranched alkanes of at least 4 members (excludes halogenated alkanes) is 4. The van der Waals surface area contributed by atoms with Gasteiger partial charge >= 0.3 is 12.1 Å². The van der Waals surface area contributed by atoms with Gasteiger partial charge in [-0.15, -0.1) is 0 Å². The molecule has 1 amide bonds. The maximum Gasteiger partial charge on any atom is 0.410 e. The Bertz CT molecular complexity index is 310. The van der Waals surface area contributed by atoms with Gasteiger partial charge in [-0.1, -0.05) is 53.4 Å². The Morgan fingerprint density at radius 3 is 2.19 bits per heavy atom. The first kappa shape index (κ1) is 19.7. The van der Waals surface area contributed by atoms with Crippen molar-refractivity contribution >= 4 is 12.1 Å². The van der Waals surface area contributed by atoms with E-state index in [4.69, 9.17) is 9.47 Å². The van der Waals surface area contributed by atoms with Gasteiger partial charge in [0.15, 0.2) is 0 Å². The van der Waals surface area contributed by atoms with Crippen LogP contribution in [0.4, 0.5) is 4.79 Å². The summed E-state index contributed by atoms with van der Waals surface area (Å²) >= 11 is 0. The highest BCUT2D eigenvalue weighted by Gasteiger charge is 2.18. The molecule has 0 aromatic carbocycles. The molecule has 0 fully saturated rings. The van der Waals surface area contributed by atoms with Gasteiger partial charge in [0.1, 0.15) is 6.54 Å². The summed E-state index contributed by atoms with van der Waals surface area (Å²) in [7, 11) is 1.54. The van der Waals surface area contributed by atoms with Crippen molar-refractivity contribution in [1.82, 2.24) is 4.90 Å². The van der Waals surface area contributed by atoms with Crippen molar-refractivity contribution in [1.29, 1.82) is 0 Å². The summed E-state index contributed by atoms with van der Waals surface area (Å²) in [6, 6.07) is 0. The van der Waals surface area contributed by atoms with E-state index in [0.717, 1.165) is 12.8 Å². The molecule has 0 spiro atoms. The largest absolute Gasteiger partial charge is 0.464 e. The van der Waals surface area contributed by atoms with Crippen molar-refractivity contribution in [2.75, 3.05) is 26.8 Å². The van der Waals surface area contributed by atoms with Crippen LogP contribution < -0.4 is 0 Å². The van der Waals surface area contributed by atoms with Crippen molar-refractivity contribution in [2.45, 2.75) is 59.8 Å². The van der Waals surface area contributed by atoms with Gasteiger partial charge in [-0.2, -0.15) is 0 Å². The number of carbonyl (C=O) groups excluding carboxylic acids is 2. The maximum absolute atomic E-state index is 11.7. The summed E-state index contributed by atoms with van der Waals surface area (Å²) in [6.45, 7) is 8.77. The third kappa shape index (κ3) is 12.2. The fourth-order valence-corrected chi connectivity index (χ4v) is 1.58. The Kier molecular flexibility index (Phi) is 9.84. The molecule has 0 N–H and O–H groups in total. The number of hydrogen-bond donors (Lipinski definition) is 0. The first-order valence-electron chi connectivity index (χ1n) is 7.80. The molecule has 0 aliphatic heterocycles. The molecule has 0 bridgehead atoms. The molecule has 5 nitrogen and oxygen atoms in total. The maximum atomic E-state index is 11.7. The first-order valence-corrected chi connectivity index (χ1v) is 7.80. The van der Waals surface area contributed by atoms with Crippen molar-refractivity contribution in [3.05, 3.63) is 0 Å². The lowest BCUT2D eigenvalue weighted by Crippen LogP contribution is -2.35. The number of hydrogen-bond acceptors (Lipinski definition) is 4. The van der Waals surface area contributed by atoms with Crippen molar-refractivity contribution in [2.24, 2.45) is 5.41 Å². The van der Waals surface area contributed by atoms with E-state index in [1.807, 2.05) is 20.8 Å². The van der Waals surface area contributed by atoms with E-state index in [2.05, 4.69) is 6.92 Å². The fraction of sp³-hybridized carbons (Fsp3) is 0.875. The molecule has 0 aromatic rings. The minimum atomic E-state index is -0.496. The first-order chi connectivity index (χ1) is 9.76. The summed E-state index contributed by atoms with van der Waals surface area (Å²) in [5.41, 5.74) is -0.0878. The summed E-state index contributed by atoms with van der Waals surface area (Å²) in [6.07, 6.45) is 5.05. The second-order valence-electron chi connectivity index (χ2n) is 6.61. The number of ether oxygens (including phenoxy) is 2. The topological polar surface area (TPSA) is 55.8 Å². The van der Waals surface area contributed by atoms with Crippen LogP contribution in [0.15, 0.2) is 0 Å². The predicted molar refractivity (Wildman–Crippen MR) is 83.2 cm³/mol. The molecule has 0 aromatic heterocycles. The summed E-state index contributed by atoms with van der Waals surface area (Å²) < 4.78 is 10.2. The third-order valence-electron chi connectivity index (χ3n) is 2.82. The van der Waals surface area contributed by atoms with E-state index in [-0.39, 0.29) is 17.9 Å². The molecule has 0 aliphatic carbocycles. The molecule has 21 heavy (non-hydrogen) atoms. The normalized spacial score (nSPS) is 11.1. The Labute approximate surface area is 129 Å². The van der Waals surface area contributed by atoms with Crippen LogP contribution in [-0.2, 0) is 14.3 Å². The number of carbonyl (C=O) groups is 2. The number of amides is 1. The minimum Gasteiger partial charge on any atom is -0.464 e. The Morgan fingerprint density at radius 2 is 1.62 bits per heavy atom. The van der Waals surface area contributed by atoms with E-state index in [0.29, 0.717) is 13.2 Å². The van der Waals surface area contributed by atoms with Crippen LogP contribution in [0.5, 0.6) is 0 Å². The van der Waals surface area contributed by atoms with Gasteiger partial charge in [0.05, 0.1) is 13.2 Å². The van der Waals surface area contributed by atoms with E-state index >= 15 is 0 Å². The fourth-order valence-electron chi connectivity index (χ4n) is 1.58. The lowest BCUT2D eigenvalue weighted by atomic mass is 9.99. The zero-order chi connectivity index (χ0) is 16.3. The van der Waals surface area contributed by atoms with Crippen molar-refractivity contribution in [3.8, 4) is 0 Å². The van der Waals surface area contributed by atoms with E-state index < -0.39 is 6.09 Å². The lowest BCUT2D eigenvalue weighted by molar-refractivity contribution is -0.144. The second kappa shape index (κ2) is 10.5. The van der Waals surface area contributed by atoms with Crippen molar-refractivity contribution < 1.29 is 19.1 Å². The van der Waals surface area contributed by atoms with Crippen LogP contribution in [-0.4, -0.2) is 43.8 Å². The van der Waals surface area contributed by atoms with Gasteiger partial charge in [-0.05, 0) is 11.8 Å². The number of esters is 1. The highest BCUT2D eigenvalue weighted by molar-refractivity contribution is 5.77. The van der Waals surface area contributed by atoms with Crippen LogP contribution in [0.1, 0.15) is 59.8 Å². The molecule has 0 atom stereocenters. The van der Waals surface area contributed by atoms with Crippen molar-refractivity contribution in [3.63, 3.8) is 0 Å². The SMILES string of the molecule is CCCCCCCOC(=O)CN(C)C(=O)OCC(C)(C)C. The Balaban J connectivity index is 3.75. The van der Waals surface area contributed by atoms with Crippen LogP contribution in [0.25, 0.3) is 0 Å². The zero-order valence-corrected chi connectivity index (χ0v) is 14.2. The van der Waals surface area contributed by atoms with Gasteiger partial charge in [-0.25, -0.2) is 4.79 Å². The lowest BCUT2D eigenvalue weighted by Gasteiger charge is -2.21. The molecule has 0 aliphatic rings. The molecular formula is C16H31NO4. The highest BCUT2D eigenvalue weighted by atomic mass is 16.6. The summed E-state index contributed by atoms with van der Waals surface area (Å²) in [5, 5.41) is 0. The second-order valence-corrected chi connectivity index (χ2v) is 6.61. The molecule has 0 saturated heterocycles. The van der Waals surface area contributed by atoms with Gasteiger partial charge in [0.2, 0.25) is 0 Å². The Hall–Kier alpha value is -1.26. The molecule has 0 heterocycles. The van der Waals surface area contributed by atoms with Crippen LogP contribution in [0.2, 0.25) is 0 Å². The van der Waals surface area contributed by atoms with Crippen LogP contribution in [0.3, 0.4) is 0 Å². The van der Waals surface area contributed by atoms with E-state index in [1.165, 1.54) is 31.2 Å². The molecule has 0 unspecified atom stereocenters. The molecule has 0 rings (SSSR count). The number of rotatable bonds is 9. The molecular weight excluding hydrogens is 270 g/mol. The zero-order valence-electron chi connectivity index (χ0n) is 14.2. The molecule has 5 heteroatoms. The number of nitrogens with zero attached hydrogens (tertiary/aromatic N) is 1. The van der Waals surface area contributed by atoms with Crippen LogP contribution >= 0.6 is 0 Å². The average Bonchev–Trinajstić information content (AvgIpc) is 2.39. The average molecular weight is 301 g/mol. The Morgan fingerprint density at radius 1 is 1.00 bits per heavy atom. The van der Waals surface area contributed by atoms with Gasteiger partial charge < -0.3 is 14.4 Å². The smallest absolute Gasteiger partial charge is 0.410 e. The highest BCUT2D eigenvalue weighted by Crippen LogP contribution is 2.13. The summed E-state index contributed by atoms with van der Waals surface area (Å²) in [4.78, 5) is 24.5. The van der Waals surface area contributed by atoms with Crippen LogP contribution in [0, 0.1) is 5.41 Å². The molecule has 124 valence electrons. The molecule has 0 saturated carbocycles. The van der Waals surface area contributed by atoms with Gasteiger partial charge in [0, 0.05) is 7.05 Å². The van der Waals surface area contributed by atoms with Gasteiger partial charge in [-0.3, -0.25) is 4.79 Å². The number of likely N-dealkylation sites (N-methyl/N-ethyl adjacent to an activating group) is 1. The third-order valence-corrected chi connectivity index (χ3v) is 2.82. The quantitative estimate of drug-likeness (QED) is 0.482. The van der Waals surface area contributed by atoms with E-state index in [1.54, 1.807) is 0 Å². The predicted octanol–water partition coefficient (Wildman–Crippen LogP) is 3.61. The minimum absolute atomic E-state index is 0.0715. The standard InChI is InChI=1S/C16H31NO4/c1-6-7-8-9-10-11-20-14(18)12-17(5)15(19)21-13-16(2,3)4/h6-13H2,1-5H3. The van der Waals surface area contributed by atoms with Gasteiger partial charge in [0.25, 0.3) is 0 Å². The van der Waals surface area contributed by atoms with E-state index in [9.17, 15) is 9.59 Å². The monoisotopic (exact) mass is 301 g/mol.